The van der Waals surface area contributed by atoms with E-state index in [-0.39, 0.29) is 0 Å². The number of aromatic nitrogens is 1. The van der Waals surface area contributed by atoms with E-state index in [0.29, 0.717) is 17.0 Å². The number of ether oxygens (including phenoxy) is 1. The molecule has 1 aliphatic heterocycles. The van der Waals surface area contributed by atoms with Gasteiger partial charge in [-0.2, -0.15) is 0 Å². The molecular formula is C24H45N3O2S. The van der Waals surface area contributed by atoms with E-state index in [9.17, 15) is 0 Å². The molecule has 6 heteroatoms. The molecule has 2 heterocycles. The van der Waals surface area contributed by atoms with Gasteiger partial charge in [-0.3, -0.25) is 0 Å². The van der Waals surface area contributed by atoms with E-state index in [0.717, 1.165) is 36.0 Å². The molecule has 1 saturated carbocycles. The lowest BCUT2D eigenvalue weighted by molar-refractivity contribution is 0.197. The van der Waals surface area contributed by atoms with Crippen molar-refractivity contribution in [2.24, 2.45) is 5.92 Å². The Morgan fingerprint density at radius 3 is 2.33 bits per heavy atom. The molecule has 0 unspecified atom stereocenters. The molecule has 1 aromatic heterocycles. The van der Waals surface area contributed by atoms with Gasteiger partial charge in [-0.25, -0.2) is 0 Å². The Labute approximate surface area is 189 Å². The Balaban J connectivity index is 0.000000673. The fourth-order valence-electron chi connectivity index (χ4n) is 3.36. The van der Waals surface area contributed by atoms with Crippen LogP contribution in [-0.2, 0) is 0 Å². The highest BCUT2D eigenvalue weighted by molar-refractivity contribution is 8.00. The number of nitrogens with one attached hydrogen (secondary N) is 2. The average Bonchev–Trinajstić information content (AvgIpc) is 3.22. The van der Waals surface area contributed by atoms with Crippen molar-refractivity contribution in [3.05, 3.63) is 12.3 Å². The zero-order valence-corrected chi connectivity index (χ0v) is 20.8. The third-order valence-corrected chi connectivity index (χ3v) is 6.85. The highest BCUT2D eigenvalue weighted by atomic mass is 32.2. The van der Waals surface area contributed by atoms with Crippen molar-refractivity contribution in [1.29, 1.82) is 0 Å². The third kappa shape index (κ3) is 9.34. The van der Waals surface area contributed by atoms with Crippen molar-refractivity contribution >= 4 is 17.5 Å². The van der Waals surface area contributed by atoms with Crippen LogP contribution in [0.1, 0.15) is 91.2 Å². The van der Waals surface area contributed by atoms with E-state index in [2.05, 4.69) is 36.2 Å². The Morgan fingerprint density at radius 1 is 1.13 bits per heavy atom. The molecule has 3 rings (SSSR count). The highest BCUT2D eigenvalue weighted by Crippen LogP contribution is 2.41. The molecule has 2 fully saturated rings. The van der Waals surface area contributed by atoms with Gasteiger partial charge in [0.25, 0.3) is 5.88 Å². The quantitative estimate of drug-likeness (QED) is 0.482. The van der Waals surface area contributed by atoms with Gasteiger partial charge in [0.1, 0.15) is 4.90 Å². The normalized spacial score (nSPS) is 17.2. The van der Waals surface area contributed by atoms with Crippen LogP contribution in [-0.4, -0.2) is 37.2 Å². The first-order valence-corrected chi connectivity index (χ1v) is 12.9. The minimum Gasteiger partial charge on any atom is -0.474 e. The number of unbranched alkanes of at least 4 members (excludes halogenated alkanes) is 1. The average molecular weight is 440 g/mol. The third-order valence-electron chi connectivity index (χ3n) is 5.45. The van der Waals surface area contributed by atoms with Crippen LogP contribution in [0.3, 0.4) is 0 Å². The number of nitrogens with zero attached hydrogens (tertiary/aromatic N) is 1. The van der Waals surface area contributed by atoms with Crippen LogP contribution in [0.4, 0.5) is 0 Å². The second kappa shape index (κ2) is 16.5. The molecule has 0 spiro atoms. The molecule has 0 aromatic carbocycles. The first-order valence-electron chi connectivity index (χ1n) is 12.1. The van der Waals surface area contributed by atoms with Gasteiger partial charge in [0.05, 0.1) is 12.3 Å². The van der Waals surface area contributed by atoms with Crippen LogP contribution < -0.4 is 15.4 Å². The largest absolute Gasteiger partial charge is 0.474 e. The predicted octanol–water partition coefficient (Wildman–Crippen LogP) is 6.50. The zero-order chi connectivity index (χ0) is 22.2. The summed E-state index contributed by atoms with van der Waals surface area (Å²) in [7, 11) is 1.86. The van der Waals surface area contributed by atoms with Crippen LogP contribution in [0.2, 0.25) is 0 Å². The molecule has 0 bridgehead atoms. The molecule has 1 aromatic rings. The second-order valence-electron chi connectivity index (χ2n) is 7.76. The van der Waals surface area contributed by atoms with Crippen LogP contribution in [0.25, 0.3) is 5.70 Å². The summed E-state index contributed by atoms with van der Waals surface area (Å²) in [5.41, 5.74) is 0.762. The monoisotopic (exact) mass is 439 g/mol. The van der Waals surface area contributed by atoms with Gasteiger partial charge in [-0.05, 0) is 49.8 Å². The summed E-state index contributed by atoms with van der Waals surface area (Å²) in [6.07, 6.45) is 11.5. The van der Waals surface area contributed by atoms with Crippen LogP contribution in [0.5, 0.6) is 5.88 Å². The summed E-state index contributed by atoms with van der Waals surface area (Å²) in [5, 5.41) is 11.3. The van der Waals surface area contributed by atoms with E-state index in [1.165, 1.54) is 57.8 Å². The van der Waals surface area contributed by atoms with Gasteiger partial charge >= 0.3 is 0 Å². The molecule has 5 nitrogen and oxygen atoms in total. The number of thioether (sulfide) groups is 1. The maximum atomic E-state index is 6.07. The topological polar surface area (TPSA) is 59.3 Å². The lowest BCUT2D eigenvalue weighted by Crippen LogP contribution is -2.30. The molecular weight excluding hydrogens is 394 g/mol. The van der Waals surface area contributed by atoms with E-state index in [1.807, 2.05) is 32.7 Å². The summed E-state index contributed by atoms with van der Waals surface area (Å²) < 4.78 is 11.6. The van der Waals surface area contributed by atoms with Crippen molar-refractivity contribution < 1.29 is 9.26 Å². The van der Waals surface area contributed by atoms with Gasteiger partial charge in [0.2, 0.25) is 0 Å². The fraction of sp³-hybridized carbons (Fsp3) is 0.792. The summed E-state index contributed by atoms with van der Waals surface area (Å²) in [5.74, 6) is 1.98. The van der Waals surface area contributed by atoms with Crippen molar-refractivity contribution in [2.45, 2.75) is 95.6 Å². The standard InChI is InChI=1S/C18H29N3O2S.C4H10.C2H6/c1-13(19-2)16-17(24-15-6-4-3-5-7-15)18(21-23-16)22-12-14-8-10-20-11-9-14;1-3-4-2;1-2/h14-15,19-20H,1,3-12H2,2H3;3-4H2,1-2H3;1-2H3. The van der Waals surface area contributed by atoms with E-state index in [4.69, 9.17) is 9.26 Å². The van der Waals surface area contributed by atoms with Crippen molar-refractivity contribution in [3.8, 4) is 5.88 Å². The van der Waals surface area contributed by atoms with E-state index >= 15 is 0 Å². The molecule has 1 saturated heterocycles. The van der Waals surface area contributed by atoms with Crippen LogP contribution in [0, 0.1) is 5.92 Å². The van der Waals surface area contributed by atoms with Gasteiger partial charge in [0, 0.05) is 12.3 Å². The minimum atomic E-state index is 0.603. The SMILES string of the molecule is C=C(NC)c1onc(OCC2CCNCC2)c1SC1CCCCC1.CC.CCCC. The summed E-state index contributed by atoms with van der Waals surface area (Å²) in [6, 6.07) is 0. The first-order chi connectivity index (χ1) is 14.7. The van der Waals surface area contributed by atoms with Crippen LogP contribution >= 0.6 is 11.8 Å². The Hall–Kier alpha value is -1.14. The van der Waals surface area contributed by atoms with E-state index < -0.39 is 0 Å². The molecule has 0 amide bonds. The minimum absolute atomic E-state index is 0.603. The number of rotatable bonds is 8. The molecule has 2 N–H and O–H groups in total. The lowest BCUT2D eigenvalue weighted by atomic mass is 9.99. The van der Waals surface area contributed by atoms with Gasteiger partial charge in [0.15, 0.2) is 5.76 Å². The summed E-state index contributed by atoms with van der Waals surface area (Å²) >= 11 is 1.86. The highest BCUT2D eigenvalue weighted by Gasteiger charge is 2.25. The molecule has 0 radical (unpaired) electrons. The van der Waals surface area contributed by atoms with Gasteiger partial charge in [-0.15, -0.1) is 11.8 Å². The summed E-state index contributed by atoms with van der Waals surface area (Å²) in [6.45, 7) is 15.3. The van der Waals surface area contributed by atoms with Gasteiger partial charge < -0.3 is 19.9 Å². The smallest absolute Gasteiger partial charge is 0.268 e. The molecule has 2 aliphatic rings. The van der Waals surface area contributed by atoms with E-state index in [1.54, 1.807) is 0 Å². The fourth-order valence-corrected chi connectivity index (χ4v) is 4.73. The maximum absolute atomic E-state index is 6.07. The van der Waals surface area contributed by atoms with Gasteiger partial charge in [-0.1, -0.05) is 66.4 Å². The number of hydrogen-bond acceptors (Lipinski definition) is 6. The van der Waals surface area contributed by atoms with Crippen molar-refractivity contribution in [2.75, 3.05) is 26.7 Å². The predicted molar refractivity (Wildman–Crippen MR) is 130 cm³/mol. The maximum Gasteiger partial charge on any atom is 0.268 e. The van der Waals surface area contributed by atoms with Crippen molar-refractivity contribution in [3.63, 3.8) is 0 Å². The lowest BCUT2D eigenvalue weighted by Gasteiger charge is -2.23. The second-order valence-corrected chi connectivity index (χ2v) is 9.07. The molecule has 174 valence electrons. The Morgan fingerprint density at radius 2 is 1.77 bits per heavy atom. The molecule has 0 atom stereocenters. The Bertz CT molecular complexity index is 563. The Kier molecular flexibility index (Phi) is 14.8. The first kappa shape index (κ1) is 26.9. The number of piperidine rings is 1. The summed E-state index contributed by atoms with van der Waals surface area (Å²) in [4.78, 5) is 1.02. The molecule has 1 aliphatic carbocycles. The molecule has 30 heavy (non-hydrogen) atoms. The van der Waals surface area contributed by atoms with Crippen molar-refractivity contribution in [1.82, 2.24) is 15.8 Å². The van der Waals surface area contributed by atoms with Crippen LogP contribution in [0.15, 0.2) is 16.0 Å². The zero-order valence-electron chi connectivity index (χ0n) is 20.0. The number of hydrogen-bond donors (Lipinski definition) is 2.